The number of carbonyl (C=O) groups is 1. The Labute approximate surface area is 120 Å². The number of benzene rings is 1. The van der Waals surface area contributed by atoms with E-state index in [2.05, 4.69) is 21.2 Å². The molecule has 0 unspecified atom stereocenters. The van der Waals surface area contributed by atoms with E-state index in [0.29, 0.717) is 16.6 Å². The highest BCUT2D eigenvalue weighted by molar-refractivity contribution is 9.10. The minimum atomic E-state index is -0.375. The summed E-state index contributed by atoms with van der Waals surface area (Å²) < 4.78 is 13.4. The maximum Gasteiger partial charge on any atom is 0.226 e. The van der Waals surface area contributed by atoms with E-state index >= 15 is 0 Å². The second-order valence-corrected chi connectivity index (χ2v) is 6.13. The van der Waals surface area contributed by atoms with Crippen molar-refractivity contribution in [3.05, 3.63) is 28.5 Å². The molecule has 5 heteroatoms. The standard InChI is InChI=1S/C14H18BrFN2O/c15-11-8-10(4-5-12(11)16)18-13(19)9-14(17)6-2-1-3-7-14/h4-5,8H,1-3,6-7,9,17H2,(H,18,19). The van der Waals surface area contributed by atoms with Crippen LogP contribution in [0.4, 0.5) is 10.1 Å². The van der Waals surface area contributed by atoms with Crippen LogP contribution in [0.5, 0.6) is 0 Å². The van der Waals surface area contributed by atoms with Crippen LogP contribution in [0, 0.1) is 5.82 Å². The van der Waals surface area contributed by atoms with E-state index in [1.165, 1.54) is 12.5 Å². The van der Waals surface area contributed by atoms with Gasteiger partial charge in [0.15, 0.2) is 0 Å². The molecule has 1 fully saturated rings. The van der Waals surface area contributed by atoms with E-state index in [4.69, 9.17) is 5.73 Å². The molecular weight excluding hydrogens is 311 g/mol. The number of anilines is 1. The number of nitrogens with one attached hydrogen (secondary N) is 1. The van der Waals surface area contributed by atoms with Crippen molar-refractivity contribution < 1.29 is 9.18 Å². The first-order valence-electron chi connectivity index (χ1n) is 6.52. The predicted molar refractivity (Wildman–Crippen MR) is 77.4 cm³/mol. The summed E-state index contributed by atoms with van der Waals surface area (Å²) in [5.74, 6) is -0.455. The Morgan fingerprint density at radius 3 is 2.68 bits per heavy atom. The fraction of sp³-hybridized carbons (Fsp3) is 0.500. The molecule has 2 rings (SSSR count). The maximum absolute atomic E-state index is 13.1. The van der Waals surface area contributed by atoms with Crippen LogP contribution >= 0.6 is 15.9 Å². The van der Waals surface area contributed by atoms with Crippen molar-refractivity contribution in [1.82, 2.24) is 0 Å². The number of halogens is 2. The molecule has 1 aromatic carbocycles. The number of carbonyl (C=O) groups excluding carboxylic acids is 1. The Balaban J connectivity index is 1.95. The molecule has 0 bridgehead atoms. The number of hydrogen-bond acceptors (Lipinski definition) is 2. The second kappa shape index (κ2) is 6.01. The zero-order valence-corrected chi connectivity index (χ0v) is 12.3. The highest BCUT2D eigenvalue weighted by Crippen LogP contribution is 2.29. The minimum Gasteiger partial charge on any atom is -0.326 e. The largest absolute Gasteiger partial charge is 0.326 e. The number of amides is 1. The molecule has 0 atom stereocenters. The Morgan fingerprint density at radius 2 is 2.05 bits per heavy atom. The second-order valence-electron chi connectivity index (χ2n) is 5.28. The van der Waals surface area contributed by atoms with Crippen LogP contribution in [-0.4, -0.2) is 11.4 Å². The van der Waals surface area contributed by atoms with E-state index in [9.17, 15) is 9.18 Å². The molecule has 1 aliphatic carbocycles. The Bertz CT molecular complexity index is 473. The molecule has 0 radical (unpaired) electrons. The van der Waals surface area contributed by atoms with Crippen molar-refractivity contribution in [1.29, 1.82) is 0 Å². The van der Waals surface area contributed by atoms with Gasteiger partial charge in [-0.05, 0) is 47.0 Å². The zero-order chi connectivity index (χ0) is 13.9. The van der Waals surface area contributed by atoms with Crippen LogP contribution in [-0.2, 0) is 4.79 Å². The molecule has 0 aliphatic heterocycles. The van der Waals surface area contributed by atoms with Crippen molar-refractivity contribution in [3.63, 3.8) is 0 Å². The summed E-state index contributed by atoms with van der Waals surface area (Å²) in [6.45, 7) is 0. The lowest BCUT2D eigenvalue weighted by Crippen LogP contribution is -2.44. The summed E-state index contributed by atoms with van der Waals surface area (Å²) in [6.07, 6.45) is 5.49. The third-order valence-electron chi connectivity index (χ3n) is 3.57. The SMILES string of the molecule is NC1(CC(=O)Nc2ccc(F)c(Br)c2)CCCCC1. The first kappa shape index (κ1) is 14.5. The van der Waals surface area contributed by atoms with Gasteiger partial charge in [0.2, 0.25) is 5.91 Å². The molecule has 0 saturated heterocycles. The number of hydrogen-bond donors (Lipinski definition) is 2. The van der Waals surface area contributed by atoms with E-state index in [-0.39, 0.29) is 17.3 Å². The maximum atomic E-state index is 13.1. The van der Waals surface area contributed by atoms with Gasteiger partial charge in [-0.2, -0.15) is 0 Å². The quantitative estimate of drug-likeness (QED) is 0.891. The number of nitrogens with two attached hydrogens (primary N) is 1. The fourth-order valence-electron chi connectivity index (χ4n) is 2.53. The summed E-state index contributed by atoms with van der Waals surface area (Å²) in [6, 6.07) is 4.41. The van der Waals surface area contributed by atoms with E-state index in [0.717, 1.165) is 25.7 Å². The first-order chi connectivity index (χ1) is 8.98. The van der Waals surface area contributed by atoms with Gasteiger partial charge in [-0.25, -0.2) is 4.39 Å². The summed E-state index contributed by atoms with van der Waals surface area (Å²) in [4.78, 5) is 12.0. The molecule has 1 aliphatic rings. The van der Waals surface area contributed by atoms with Crippen LogP contribution in [0.1, 0.15) is 38.5 Å². The first-order valence-corrected chi connectivity index (χ1v) is 7.32. The summed E-state index contributed by atoms with van der Waals surface area (Å²) in [7, 11) is 0. The highest BCUT2D eigenvalue weighted by Gasteiger charge is 2.29. The Morgan fingerprint density at radius 1 is 1.37 bits per heavy atom. The average Bonchev–Trinajstić information content (AvgIpc) is 2.34. The fourth-order valence-corrected chi connectivity index (χ4v) is 2.91. The van der Waals surface area contributed by atoms with Gasteiger partial charge in [0.05, 0.1) is 4.47 Å². The molecule has 1 aromatic rings. The van der Waals surface area contributed by atoms with Crippen LogP contribution in [0.3, 0.4) is 0 Å². The average molecular weight is 329 g/mol. The normalized spacial score (nSPS) is 18.1. The smallest absolute Gasteiger partial charge is 0.226 e. The van der Waals surface area contributed by atoms with E-state index < -0.39 is 0 Å². The number of rotatable bonds is 3. The lowest BCUT2D eigenvalue weighted by molar-refractivity contribution is -0.117. The van der Waals surface area contributed by atoms with Crippen molar-refractivity contribution in [2.75, 3.05) is 5.32 Å². The van der Waals surface area contributed by atoms with Crippen LogP contribution < -0.4 is 11.1 Å². The van der Waals surface area contributed by atoms with Crippen LogP contribution in [0.25, 0.3) is 0 Å². The van der Waals surface area contributed by atoms with Crippen molar-refractivity contribution in [3.8, 4) is 0 Å². The molecule has 3 N–H and O–H groups in total. The molecule has 0 heterocycles. The van der Waals surface area contributed by atoms with Crippen molar-refractivity contribution in [2.45, 2.75) is 44.1 Å². The summed E-state index contributed by atoms with van der Waals surface area (Å²) in [5.41, 5.74) is 6.44. The third kappa shape index (κ3) is 4.01. The van der Waals surface area contributed by atoms with E-state index in [1.54, 1.807) is 12.1 Å². The van der Waals surface area contributed by atoms with Crippen LogP contribution in [0.2, 0.25) is 0 Å². The molecule has 1 amide bonds. The molecule has 19 heavy (non-hydrogen) atoms. The van der Waals surface area contributed by atoms with Gasteiger partial charge >= 0.3 is 0 Å². The molecular formula is C14H18BrFN2O. The lowest BCUT2D eigenvalue weighted by atomic mass is 9.80. The molecule has 1 saturated carbocycles. The van der Waals surface area contributed by atoms with E-state index in [1.807, 2.05) is 0 Å². The molecule has 104 valence electrons. The topological polar surface area (TPSA) is 55.1 Å². The van der Waals surface area contributed by atoms with Crippen LogP contribution in [0.15, 0.2) is 22.7 Å². The third-order valence-corrected chi connectivity index (χ3v) is 4.17. The highest BCUT2D eigenvalue weighted by atomic mass is 79.9. The summed E-state index contributed by atoms with van der Waals surface area (Å²) >= 11 is 3.09. The van der Waals surface area contributed by atoms with Gasteiger partial charge in [-0.3, -0.25) is 4.79 Å². The van der Waals surface area contributed by atoms with Gasteiger partial charge in [0.1, 0.15) is 5.82 Å². The van der Waals surface area contributed by atoms with Crippen molar-refractivity contribution >= 4 is 27.5 Å². The summed E-state index contributed by atoms with van der Waals surface area (Å²) in [5, 5.41) is 2.77. The van der Waals surface area contributed by atoms with Gasteiger partial charge in [0, 0.05) is 17.6 Å². The lowest BCUT2D eigenvalue weighted by Gasteiger charge is -2.32. The Hall–Kier alpha value is -0.940. The zero-order valence-electron chi connectivity index (χ0n) is 10.7. The van der Waals surface area contributed by atoms with Gasteiger partial charge in [-0.1, -0.05) is 19.3 Å². The molecule has 0 aromatic heterocycles. The minimum absolute atomic E-state index is 0.108. The van der Waals surface area contributed by atoms with Crippen molar-refractivity contribution in [2.24, 2.45) is 5.73 Å². The molecule has 3 nitrogen and oxygen atoms in total. The van der Waals surface area contributed by atoms with Gasteiger partial charge in [0.25, 0.3) is 0 Å². The Kier molecular flexibility index (Phi) is 4.58. The predicted octanol–water partition coefficient (Wildman–Crippen LogP) is 3.58. The monoisotopic (exact) mass is 328 g/mol. The van der Waals surface area contributed by atoms with Gasteiger partial charge in [-0.15, -0.1) is 0 Å². The van der Waals surface area contributed by atoms with Gasteiger partial charge < -0.3 is 11.1 Å². The molecule has 0 spiro atoms.